The summed E-state index contributed by atoms with van der Waals surface area (Å²) in [5.74, 6) is -0.992. The number of rotatable bonds is 4. The molecule has 6 heteroatoms. The van der Waals surface area contributed by atoms with Crippen LogP contribution in [0.5, 0.6) is 0 Å². The molecule has 0 spiro atoms. The van der Waals surface area contributed by atoms with Gasteiger partial charge in [-0.15, -0.1) is 0 Å². The molecule has 1 saturated heterocycles. The van der Waals surface area contributed by atoms with Crippen LogP contribution in [-0.2, 0) is 23.9 Å². The second kappa shape index (κ2) is 5.52. The van der Waals surface area contributed by atoms with Crippen molar-refractivity contribution in [1.82, 2.24) is 4.90 Å². The van der Waals surface area contributed by atoms with Crippen molar-refractivity contribution < 1.29 is 23.9 Å². The van der Waals surface area contributed by atoms with E-state index >= 15 is 0 Å². The van der Waals surface area contributed by atoms with Gasteiger partial charge in [0.05, 0.1) is 32.6 Å². The van der Waals surface area contributed by atoms with E-state index in [0.29, 0.717) is 13.0 Å². The van der Waals surface area contributed by atoms with Crippen molar-refractivity contribution in [1.29, 1.82) is 0 Å². The average Bonchev–Trinajstić information content (AvgIpc) is 2.70. The van der Waals surface area contributed by atoms with Gasteiger partial charge >= 0.3 is 11.9 Å². The van der Waals surface area contributed by atoms with Crippen LogP contribution in [0.25, 0.3) is 0 Å². The highest BCUT2D eigenvalue weighted by Gasteiger charge is 2.48. The van der Waals surface area contributed by atoms with Crippen LogP contribution in [0.2, 0.25) is 0 Å². The molecule has 2 aliphatic rings. The first-order chi connectivity index (χ1) is 9.08. The summed E-state index contributed by atoms with van der Waals surface area (Å²) in [6.07, 6.45) is 3.90. The zero-order chi connectivity index (χ0) is 14.0. The Morgan fingerprint density at radius 3 is 2.74 bits per heavy atom. The molecule has 1 fully saturated rings. The number of hydrogen-bond acceptors (Lipinski definition) is 6. The van der Waals surface area contributed by atoms with Crippen molar-refractivity contribution in [3.05, 3.63) is 12.2 Å². The number of ether oxygens (including phenoxy) is 2. The highest BCUT2D eigenvalue weighted by molar-refractivity contribution is 5.97. The van der Waals surface area contributed by atoms with Gasteiger partial charge in [0.15, 0.2) is 5.78 Å². The van der Waals surface area contributed by atoms with Crippen molar-refractivity contribution in [3.8, 4) is 0 Å². The van der Waals surface area contributed by atoms with Gasteiger partial charge in [-0.2, -0.15) is 0 Å². The number of esters is 2. The van der Waals surface area contributed by atoms with E-state index in [0.717, 1.165) is 0 Å². The lowest BCUT2D eigenvalue weighted by Gasteiger charge is -2.30. The van der Waals surface area contributed by atoms with Gasteiger partial charge in [0, 0.05) is 12.6 Å². The summed E-state index contributed by atoms with van der Waals surface area (Å²) in [5.41, 5.74) is 0. The highest BCUT2D eigenvalue weighted by atomic mass is 16.5. The molecule has 104 valence electrons. The topological polar surface area (TPSA) is 72.9 Å². The molecule has 0 aromatic carbocycles. The number of hydrogen-bond donors (Lipinski definition) is 0. The molecule has 6 nitrogen and oxygen atoms in total. The smallest absolute Gasteiger partial charge is 0.310 e. The molecule has 0 aromatic heterocycles. The van der Waals surface area contributed by atoms with E-state index in [-0.39, 0.29) is 42.1 Å². The second-order valence-electron chi connectivity index (χ2n) is 4.70. The molecule has 0 aromatic rings. The number of carbonyl (C=O) groups excluding carboxylic acids is 3. The number of nitrogens with zero attached hydrogens (tertiary/aromatic N) is 1. The first kappa shape index (κ1) is 13.7. The first-order valence-electron chi connectivity index (χ1n) is 6.21. The normalized spacial score (nSPS) is 29.4. The Labute approximate surface area is 111 Å². The van der Waals surface area contributed by atoms with Crippen LogP contribution in [-0.4, -0.2) is 55.5 Å². The van der Waals surface area contributed by atoms with Gasteiger partial charge in [0.25, 0.3) is 0 Å². The van der Waals surface area contributed by atoms with E-state index in [1.54, 1.807) is 6.08 Å². The van der Waals surface area contributed by atoms with E-state index in [1.165, 1.54) is 20.3 Å². The predicted molar refractivity (Wildman–Crippen MR) is 65.2 cm³/mol. The maximum atomic E-state index is 11.8. The molecule has 0 aliphatic carbocycles. The Balaban J connectivity index is 2.11. The first-order valence-corrected chi connectivity index (χ1v) is 6.21. The van der Waals surface area contributed by atoms with E-state index in [1.807, 2.05) is 4.90 Å². The summed E-state index contributed by atoms with van der Waals surface area (Å²) >= 11 is 0. The van der Waals surface area contributed by atoms with E-state index in [4.69, 9.17) is 4.74 Å². The zero-order valence-corrected chi connectivity index (χ0v) is 11.0. The Bertz CT molecular complexity index is 431. The third-order valence-electron chi connectivity index (χ3n) is 3.76. The van der Waals surface area contributed by atoms with E-state index in [2.05, 4.69) is 4.74 Å². The SMILES string of the molecule is COC(=O)CCN1C2CC(C(=O)OC)C1C=CC2=O. The maximum Gasteiger partial charge on any atom is 0.310 e. The minimum Gasteiger partial charge on any atom is -0.469 e. The molecule has 2 heterocycles. The summed E-state index contributed by atoms with van der Waals surface area (Å²) in [4.78, 5) is 36.6. The molecule has 0 N–H and O–H groups in total. The Morgan fingerprint density at radius 2 is 2.11 bits per heavy atom. The quantitative estimate of drug-likeness (QED) is 0.663. The largest absolute Gasteiger partial charge is 0.469 e. The number of carbonyl (C=O) groups is 3. The van der Waals surface area contributed by atoms with Gasteiger partial charge < -0.3 is 9.47 Å². The Hall–Kier alpha value is -1.69. The summed E-state index contributed by atoms with van der Waals surface area (Å²) < 4.78 is 9.36. The third-order valence-corrected chi connectivity index (χ3v) is 3.76. The molecule has 2 bridgehead atoms. The van der Waals surface area contributed by atoms with E-state index in [9.17, 15) is 14.4 Å². The lowest BCUT2D eigenvalue weighted by atomic mass is 10.0. The van der Waals surface area contributed by atoms with Gasteiger partial charge in [0.2, 0.25) is 0 Å². The lowest BCUT2D eigenvalue weighted by Crippen LogP contribution is -2.44. The van der Waals surface area contributed by atoms with Crippen molar-refractivity contribution in [2.75, 3.05) is 20.8 Å². The molecule has 2 aliphatic heterocycles. The second-order valence-corrected chi connectivity index (χ2v) is 4.70. The fourth-order valence-electron chi connectivity index (χ4n) is 2.80. The van der Waals surface area contributed by atoms with Crippen LogP contribution in [0, 0.1) is 5.92 Å². The predicted octanol–water partition coefficient (Wildman–Crippen LogP) is -0.0795. The van der Waals surface area contributed by atoms with Crippen LogP contribution in [0.15, 0.2) is 12.2 Å². The number of fused-ring (bicyclic) bond motifs is 2. The standard InChI is InChI=1S/C13H17NO5/c1-18-12(16)5-6-14-9-3-4-11(15)10(14)7-8(9)13(17)19-2/h3-4,8-10H,5-7H2,1-2H3. The Morgan fingerprint density at radius 1 is 1.37 bits per heavy atom. The molecular weight excluding hydrogens is 250 g/mol. The summed E-state index contributed by atoms with van der Waals surface area (Å²) in [6.45, 7) is 0.408. The lowest BCUT2D eigenvalue weighted by molar-refractivity contribution is -0.145. The Kier molecular flexibility index (Phi) is 3.99. The van der Waals surface area contributed by atoms with E-state index < -0.39 is 0 Å². The fraction of sp³-hybridized carbons (Fsp3) is 0.615. The fourth-order valence-corrected chi connectivity index (χ4v) is 2.80. The minimum absolute atomic E-state index is 0.0208. The summed E-state index contributed by atoms with van der Waals surface area (Å²) in [6, 6.07) is -0.497. The molecular formula is C13H17NO5. The number of methoxy groups -OCH3 is 2. The minimum atomic E-state index is -0.338. The molecule has 0 amide bonds. The molecule has 19 heavy (non-hydrogen) atoms. The van der Waals surface area contributed by atoms with Crippen molar-refractivity contribution in [3.63, 3.8) is 0 Å². The summed E-state index contributed by atoms with van der Waals surface area (Å²) in [7, 11) is 2.67. The van der Waals surface area contributed by atoms with Crippen LogP contribution >= 0.6 is 0 Å². The zero-order valence-electron chi connectivity index (χ0n) is 11.0. The molecule has 0 saturated carbocycles. The average molecular weight is 267 g/mol. The highest BCUT2D eigenvalue weighted by Crippen LogP contribution is 2.35. The molecule has 3 atom stereocenters. The van der Waals surface area contributed by atoms with Crippen LogP contribution in [0.4, 0.5) is 0 Å². The van der Waals surface area contributed by atoms with Gasteiger partial charge in [-0.3, -0.25) is 19.3 Å². The van der Waals surface area contributed by atoms with Gasteiger partial charge in [0.1, 0.15) is 0 Å². The van der Waals surface area contributed by atoms with Crippen molar-refractivity contribution >= 4 is 17.7 Å². The van der Waals surface area contributed by atoms with Crippen LogP contribution < -0.4 is 0 Å². The summed E-state index contributed by atoms with van der Waals surface area (Å²) in [5, 5.41) is 0. The number of ketones is 1. The van der Waals surface area contributed by atoms with Crippen molar-refractivity contribution in [2.45, 2.75) is 24.9 Å². The van der Waals surface area contributed by atoms with Crippen LogP contribution in [0.1, 0.15) is 12.8 Å². The maximum absolute atomic E-state index is 11.8. The molecule has 3 unspecified atom stereocenters. The molecule has 2 rings (SSSR count). The molecule has 0 radical (unpaired) electrons. The van der Waals surface area contributed by atoms with Crippen LogP contribution in [0.3, 0.4) is 0 Å². The monoisotopic (exact) mass is 267 g/mol. The van der Waals surface area contributed by atoms with Gasteiger partial charge in [-0.05, 0) is 12.5 Å². The third kappa shape index (κ3) is 2.53. The van der Waals surface area contributed by atoms with Crippen molar-refractivity contribution in [2.24, 2.45) is 5.92 Å². The van der Waals surface area contributed by atoms with Gasteiger partial charge in [-0.1, -0.05) is 6.08 Å². The van der Waals surface area contributed by atoms with Gasteiger partial charge in [-0.25, -0.2) is 0 Å².